The first-order chi connectivity index (χ1) is 27.3. The Morgan fingerprint density at radius 1 is 0.673 bits per heavy atom. The quantitative estimate of drug-likeness (QED) is 0.171. The minimum atomic E-state index is -2.39. The van der Waals surface area contributed by atoms with Crippen LogP contribution in [0.15, 0.2) is 114 Å². The number of nitrogens with zero attached hydrogens (tertiary/aromatic N) is 3. The van der Waals surface area contributed by atoms with Crippen LogP contribution in [0.2, 0.25) is 0 Å². The van der Waals surface area contributed by atoms with E-state index in [0.717, 1.165) is 33.5 Å². The summed E-state index contributed by atoms with van der Waals surface area (Å²) < 4.78 is 35.1. The molecular formula is C51H53N3O. The molecule has 4 nitrogen and oxygen atoms in total. The summed E-state index contributed by atoms with van der Waals surface area (Å²) in [6, 6.07) is 35.7. The van der Waals surface area contributed by atoms with Gasteiger partial charge in [0.15, 0.2) is 0 Å². The van der Waals surface area contributed by atoms with Gasteiger partial charge in [-0.1, -0.05) is 124 Å². The number of para-hydroxylation sites is 2. The third-order valence-electron chi connectivity index (χ3n) is 11.0. The van der Waals surface area contributed by atoms with Gasteiger partial charge < -0.3 is 4.42 Å². The number of fused-ring (bicyclic) bond motifs is 4. The maximum absolute atomic E-state index is 8.64. The van der Waals surface area contributed by atoms with Crippen LogP contribution >= 0.6 is 0 Å². The molecule has 5 aromatic carbocycles. The van der Waals surface area contributed by atoms with E-state index in [1.807, 2.05) is 30.3 Å². The van der Waals surface area contributed by atoms with E-state index in [-0.39, 0.29) is 28.2 Å². The monoisotopic (exact) mass is 726 g/mol. The zero-order valence-electron chi connectivity index (χ0n) is 36.8. The van der Waals surface area contributed by atoms with Crippen molar-refractivity contribution < 1.29 is 8.53 Å². The highest BCUT2D eigenvalue weighted by Gasteiger charge is 2.27. The van der Waals surface area contributed by atoms with Crippen LogP contribution in [0.4, 0.5) is 0 Å². The molecule has 0 radical (unpaired) electrons. The van der Waals surface area contributed by atoms with Gasteiger partial charge in [-0.15, -0.1) is 0 Å². The SMILES string of the molecule is [2H]C([2H])([2H])c1ccc(-c2nc3ccccc3n2-c2c(C(C)C)cc(-c3ccccc3)cc2C(C)C)c2oc3cc(-c4cc(C(C)(C)C)cc(C(C)(C)C)c4)ncc3c12. The third kappa shape index (κ3) is 6.46. The lowest BCUT2D eigenvalue weighted by Gasteiger charge is -2.26. The Morgan fingerprint density at radius 2 is 1.31 bits per heavy atom. The lowest BCUT2D eigenvalue weighted by molar-refractivity contribution is 0.569. The Morgan fingerprint density at radius 3 is 1.93 bits per heavy atom. The normalized spacial score (nSPS) is 13.6. The predicted molar refractivity (Wildman–Crippen MR) is 233 cm³/mol. The molecular weight excluding hydrogens is 671 g/mol. The molecule has 0 aliphatic carbocycles. The fourth-order valence-electron chi connectivity index (χ4n) is 7.80. The van der Waals surface area contributed by atoms with Gasteiger partial charge in [-0.3, -0.25) is 9.55 Å². The van der Waals surface area contributed by atoms with Crippen LogP contribution < -0.4 is 0 Å². The molecule has 0 bridgehead atoms. The van der Waals surface area contributed by atoms with Gasteiger partial charge in [0.2, 0.25) is 0 Å². The van der Waals surface area contributed by atoms with Crippen LogP contribution in [0.1, 0.15) is 113 Å². The van der Waals surface area contributed by atoms with Crippen molar-refractivity contribution in [2.24, 2.45) is 0 Å². The highest BCUT2D eigenvalue weighted by Crippen LogP contribution is 2.44. The number of furan rings is 1. The van der Waals surface area contributed by atoms with Crippen molar-refractivity contribution in [3.8, 4) is 39.5 Å². The Labute approximate surface area is 330 Å². The largest absolute Gasteiger partial charge is 0.455 e. The number of rotatable bonds is 6. The molecule has 4 heteroatoms. The smallest absolute Gasteiger partial charge is 0.149 e. The zero-order valence-corrected chi connectivity index (χ0v) is 33.8. The van der Waals surface area contributed by atoms with Crippen LogP contribution in [-0.4, -0.2) is 14.5 Å². The Balaban J connectivity index is 1.43. The highest BCUT2D eigenvalue weighted by molar-refractivity contribution is 6.11. The van der Waals surface area contributed by atoms with Gasteiger partial charge in [-0.2, -0.15) is 0 Å². The van der Waals surface area contributed by atoms with E-state index < -0.39 is 6.85 Å². The summed E-state index contributed by atoms with van der Waals surface area (Å²) in [4.78, 5) is 10.3. The molecule has 0 N–H and O–H groups in total. The minimum absolute atomic E-state index is 0.0683. The summed E-state index contributed by atoms with van der Waals surface area (Å²) in [6.45, 7) is 19.9. The standard InChI is InChI=1S/C51H53N3O/c1-30(2)39-25-34(33-17-13-12-14-18-33)26-40(31(3)4)47(39)54-44-20-16-15-19-42(44)53-49(54)38-22-21-32(5)46-41-29-52-43(28-45(41)55-48(38)46)35-23-36(50(6,7)8)27-37(24-35)51(9,10)11/h12-31H,1-11H3/i5D3. The van der Waals surface area contributed by atoms with E-state index in [9.17, 15) is 0 Å². The van der Waals surface area contributed by atoms with E-state index in [1.165, 1.54) is 33.4 Å². The summed E-state index contributed by atoms with van der Waals surface area (Å²) in [5.74, 6) is 1.07. The van der Waals surface area contributed by atoms with E-state index in [0.29, 0.717) is 27.8 Å². The first-order valence-corrected chi connectivity index (χ1v) is 19.5. The highest BCUT2D eigenvalue weighted by atomic mass is 16.3. The molecule has 0 fully saturated rings. The van der Waals surface area contributed by atoms with Crippen molar-refractivity contribution in [1.82, 2.24) is 14.5 Å². The van der Waals surface area contributed by atoms with Crippen LogP contribution in [0, 0.1) is 6.85 Å². The Bertz CT molecular complexity index is 2780. The van der Waals surface area contributed by atoms with Gasteiger partial charge in [0, 0.05) is 32.7 Å². The van der Waals surface area contributed by atoms with E-state index >= 15 is 0 Å². The first-order valence-electron chi connectivity index (χ1n) is 21.0. The van der Waals surface area contributed by atoms with Crippen molar-refractivity contribution in [3.05, 3.63) is 137 Å². The molecule has 0 aliphatic heterocycles. The van der Waals surface area contributed by atoms with Crippen molar-refractivity contribution in [1.29, 1.82) is 0 Å². The van der Waals surface area contributed by atoms with Crippen LogP contribution in [0.3, 0.4) is 0 Å². The van der Waals surface area contributed by atoms with Crippen molar-refractivity contribution in [3.63, 3.8) is 0 Å². The average molecular weight is 727 g/mol. The molecule has 8 aromatic rings. The van der Waals surface area contributed by atoms with Gasteiger partial charge in [-0.25, -0.2) is 4.98 Å². The summed E-state index contributed by atoms with van der Waals surface area (Å²) >= 11 is 0. The lowest BCUT2D eigenvalue weighted by Crippen LogP contribution is -2.16. The molecule has 55 heavy (non-hydrogen) atoms. The first kappa shape index (κ1) is 32.9. The van der Waals surface area contributed by atoms with Crippen molar-refractivity contribution >= 4 is 33.0 Å². The van der Waals surface area contributed by atoms with Crippen molar-refractivity contribution in [2.45, 2.75) is 98.8 Å². The van der Waals surface area contributed by atoms with Crippen molar-refractivity contribution in [2.75, 3.05) is 0 Å². The fourth-order valence-corrected chi connectivity index (χ4v) is 7.80. The van der Waals surface area contributed by atoms with Crippen LogP contribution in [0.25, 0.3) is 72.4 Å². The minimum Gasteiger partial charge on any atom is -0.455 e. The topological polar surface area (TPSA) is 43.9 Å². The molecule has 278 valence electrons. The summed E-state index contributed by atoms with van der Waals surface area (Å²) in [5.41, 5.74) is 13.8. The summed E-state index contributed by atoms with van der Waals surface area (Å²) in [7, 11) is 0. The average Bonchev–Trinajstić information content (AvgIpc) is 3.74. The lowest BCUT2D eigenvalue weighted by atomic mass is 9.79. The third-order valence-corrected chi connectivity index (χ3v) is 11.0. The number of hydrogen-bond acceptors (Lipinski definition) is 3. The summed E-state index contributed by atoms with van der Waals surface area (Å²) in [6.07, 6.45) is 1.79. The molecule has 3 heterocycles. The van der Waals surface area contributed by atoms with Gasteiger partial charge in [0.1, 0.15) is 17.0 Å². The molecule has 0 aliphatic rings. The van der Waals surface area contributed by atoms with E-state index in [2.05, 4.69) is 141 Å². The molecule has 0 saturated heterocycles. The second-order valence-electron chi connectivity index (χ2n) is 17.8. The zero-order chi connectivity index (χ0) is 41.5. The maximum Gasteiger partial charge on any atom is 0.149 e. The number of hydrogen-bond donors (Lipinski definition) is 0. The van der Waals surface area contributed by atoms with E-state index in [4.69, 9.17) is 18.5 Å². The number of imidazole rings is 1. The van der Waals surface area contributed by atoms with Crippen LogP contribution in [-0.2, 0) is 10.8 Å². The van der Waals surface area contributed by atoms with E-state index in [1.54, 1.807) is 12.3 Å². The molecule has 0 amide bonds. The Kier molecular flexibility index (Phi) is 8.00. The molecule has 3 aromatic heterocycles. The molecule has 0 saturated carbocycles. The fraction of sp³-hybridized carbons (Fsp3) is 0.294. The Hall–Kier alpha value is -5.48. The number of benzene rings is 5. The van der Waals surface area contributed by atoms with Gasteiger partial charge in [0.25, 0.3) is 0 Å². The molecule has 0 atom stereocenters. The molecule has 0 unspecified atom stereocenters. The molecule has 0 spiro atoms. The van der Waals surface area contributed by atoms with Gasteiger partial charge in [0.05, 0.1) is 28.0 Å². The summed E-state index contributed by atoms with van der Waals surface area (Å²) in [5, 5.41) is 1.20. The maximum atomic E-state index is 8.64. The number of pyridine rings is 1. The van der Waals surface area contributed by atoms with Crippen LogP contribution in [0.5, 0.6) is 0 Å². The molecule has 8 rings (SSSR count). The number of aryl methyl sites for hydroxylation is 1. The number of aromatic nitrogens is 3. The van der Waals surface area contributed by atoms with Gasteiger partial charge >= 0.3 is 0 Å². The predicted octanol–water partition coefficient (Wildman–Crippen LogP) is 14.5. The second kappa shape index (κ2) is 13.4. The second-order valence-corrected chi connectivity index (χ2v) is 17.8. The van der Waals surface area contributed by atoms with Gasteiger partial charge in [-0.05, 0) is 111 Å².